The number of carbonyl (C=O) groups excluding carboxylic acids is 1. The summed E-state index contributed by atoms with van der Waals surface area (Å²) in [6, 6.07) is 3.92. The summed E-state index contributed by atoms with van der Waals surface area (Å²) in [5, 5.41) is 0. The highest BCUT2D eigenvalue weighted by Crippen LogP contribution is 2.52. The van der Waals surface area contributed by atoms with Crippen LogP contribution in [0.3, 0.4) is 0 Å². The first-order chi connectivity index (χ1) is 12.1. The second-order valence-corrected chi connectivity index (χ2v) is 7.32. The lowest BCUT2D eigenvalue weighted by Gasteiger charge is -2.43. The lowest BCUT2D eigenvalue weighted by molar-refractivity contribution is 0.00120. The number of rotatable bonds is 3. The van der Waals surface area contributed by atoms with Gasteiger partial charge in [-0.3, -0.25) is 9.78 Å². The normalized spacial score (nSPS) is 22.8. The number of hydrogen-bond donors (Lipinski definition) is 1. The SMILES string of the molecule is CCn1c(C(N)=O)cc2c1-c1ccncc1O[C@]2(C)C1CCCCC1. The highest BCUT2D eigenvalue weighted by atomic mass is 16.5. The lowest BCUT2D eigenvalue weighted by Crippen LogP contribution is -2.41. The number of nitrogens with zero attached hydrogens (tertiary/aromatic N) is 2. The van der Waals surface area contributed by atoms with E-state index in [0.29, 0.717) is 18.2 Å². The predicted octanol–water partition coefficient (Wildman–Crippen LogP) is 3.86. The topological polar surface area (TPSA) is 70.1 Å². The Morgan fingerprint density at radius 2 is 2.16 bits per heavy atom. The average Bonchev–Trinajstić information content (AvgIpc) is 3.04. The molecular weight excluding hydrogens is 314 g/mol. The first kappa shape index (κ1) is 16.2. The van der Waals surface area contributed by atoms with Gasteiger partial charge in [0.25, 0.3) is 5.91 Å². The second-order valence-electron chi connectivity index (χ2n) is 7.32. The maximum atomic E-state index is 12.0. The van der Waals surface area contributed by atoms with Gasteiger partial charge in [-0.1, -0.05) is 19.3 Å². The monoisotopic (exact) mass is 339 g/mol. The Morgan fingerprint density at radius 1 is 1.40 bits per heavy atom. The number of amides is 1. The Balaban J connectivity index is 1.96. The number of fused-ring (bicyclic) bond motifs is 3. The summed E-state index contributed by atoms with van der Waals surface area (Å²) in [7, 11) is 0. The summed E-state index contributed by atoms with van der Waals surface area (Å²) in [6.07, 6.45) is 9.61. The summed E-state index contributed by atoms with van der Waals surface area (Å²) in [4.78, 5) is 16.3. The van der Waals surface area contributed by atoms with Crippen molar-refractivity contribution in [2.45, 2.75) is 58.1 Å². The molecule has 1 fully saturated rings. The quantitative estimate of drug-likeness (QED) is 0.923. The van der Waals surface area contributed by atoms with Crippen molar-refractivity contribution in [2.75, 3.05) is 0 Å². The van der Waals surface area contributed by atoms with E-state index in [1.54, 1.807) is 12.4 Å². The van der Waals surface area contributed by atoms with Crippen LogP contribution in [0.15, 0.2) is 24.5 Å². The standard InChI is InChI=1S/C20H25N3O2/c1-3-23-16(19(21)24)11-15-18(23)14-9-10-22-12-17(14)25-20(15,2)13-7-5-4-6-8-13/h9-13H,3-8H2,1-2H3,(H2,21,24)/t20-/m1/s1. The lowest BCUT2D eigenvalue weighted by atomic mass is 9.72. The molecule has 2 N–H and O–H groups in total. The van der Waals surface area contributed by atoms with Gasteiger partial charge in [-0.25, -0.2) is 0 Å². The molecular formula is C20H25N3O2. The molecule has 132 valence electrons. The molecule has 3 heterocycles. The van der Waals surface area contributed by atoms with Crippen molar-refractivity contribution in [1.29, 1.82) is 0 Å². The zero-order valence-electron chi connectivity index (χ0n) is 14.9. The Kier molecular flexibility index (Phi) is 3.82. The zero-order chi connectivity index (χ0) is 17.6. The van der Waals surface area contributed by atoms with Crippen molar-refractivity contribution in [2.24, 2.45) is 11.7 Å². The third-order valence-electron chi connectivity index (χ3n) is 5.95. The summed E-state index contributed by atoms with van der Waals surface area (Å²) in [5.41, 5.74) is 8.93. The smallest absolute Gasteiger partial charge is 0.265 e. The van der Waals surface area contributed by atoms with Crippen molar-refractivity contribution in [3.63, 3.8) is 0 Å². The molecule has 5 heteroatoms. The van der Waals surface area contributed by atoms with E-state index in [4.69, 9.17) is 10.5 Å². The van der Waals surface area contributed by atoms with Gasteiger partial charge in [0, 0.05) is 29.8 Å². The molecule has 4 rings (SSSR count). The van der Waals surface area contributed by atoms with Crippen LogP contribution in [0.4, 0.5) is 0 Å². The van der Waals surface area contributed by atoms with Crippen LogP contribution < -0.4 is 10.5 Å². The van der Waals surface area contributed by atoms with Gasteiger partial charge in [-0.15, -0.1) is 0 Å². The fraction of sp³-hybridized carbons (Fsp3) is 0.500. The molecule has 0 radical (unpaired) electrons. The maximum absolute atomic E-state index is 12.0. The number of carbonyl (C=O) groups is 1. The van der Waals surface area contributed by atoms with E-state index in [9.17, 15) is 4.79 Å². The zero-order valence-corrected chi connectivity index (χ0v) is 14.9. The Bertz CT molecular complexity index is 820. The molecule has 0 spiro atoms. The Morgan fingerprint density at radius 3 is 2.84 bits per heavy atom. The summed E-state index contributed by atoms with van der Waals surface area (Å²) >= 11 is 0. The minimum atomic E-state index is -0.448. The van der Waals surface area contributed by atoms with Crippen LogP contribution in [0, 0.1) is 5.92 Å². The molecule has 2 aliphatic rings. The number of primary amides is 1. The molecule has 1 saturated carbocycles. The van der Waals surface area contributed by atoms with E-state index in [1.807, 2.05) is 23.6 Å². The maximum Gasteiger partial charge on any atom is 0.265 e. The highest BCUT2D eigenvalue weighted by Gasteiger charge is 2.46. The van der Waals surface area contributed by atoms with Gasteiger partial charge in [-0.2, -0.15) is 0 Å². The van der Waals surface area contributed by atoms with Crippen molar-refractivity contribution in [3.05, 3.63) is 35.8 Å². The molecule has 2 aromatic rings. The number of aromatic nitrogens is 2. The first-order valence-electron chi connectivity index (χ1n) is 9.23. The van der Waals surface area contributed by atoms with Crippen LogP contribution in [-0.4, -0.2) is 15.5 Å². The van der Waals surface area contributed by atoms with Crippen LogP contribution in [0.25, 0.3) is 11.3 Å². The first-order valence-corrected chi connectivity index (χ1v) is 9.23. The highest BCUT2D eigenvalue weighted by molar-refractivity contribution is 5.94. The second kappa shape index (κ2) is 5.90. The minimum absolute atomic E-state index is 0.391. The molecule has 1 atom stereocenters. The molecule has 1 aliphatic heterocycles. The largest absolute Gasteiger partial charge is 0.480 e. The Labute approximate surface area is 148 Å². The van der Waals surface area contributed by atoms with Crippen LogP contribution in [0.5, 0.6) is 5.75 Å². The molecule has 0 aromatic carbocycles. The van der Waals surface area contributed by atoms with Gasteiger partial charge in [0.1, 0.15) is 17.0 Å². The van der Waals surface area contributed by atoms with Gasteiger partial charge in [0.15, 0.2) is 0 Å². The third-order valence-corrected chi connectivity index (χ3v) is 5.95. The van der Waals surface area contributed by atoms with E-state index in [1.165, 1.54) is 19.3 Å². The summed E-state index contributed by atoms with van der Waals surface area (Å²) in [5.74, 6) is 0.839. The molecule has 0 saturated heterocycles. The number of ether oxygens (including phenoxy) is 1. The van der Waals surface area contributed by atoms with Gasteiger partial charge >= 0.3 is 0 Å². The number of nitrogens with two attached hydrogens (primary N) is 1. The molecule has 0 bridgehead atoms. The van der Waals surface area contributed by atoms with Gasteiger partial charge < -0.3 is 15.0 Å². The van der Waals surface area contributed by atoms with Crippen LogP contribution in [0.2, 0.25) is 0 Å². The predicted molar refractivity (Wildman–Crippen MR) is 96.4 cm³/mol. The molecule has 5 nitrogen and oxygen atoms in total. The number of pyridine rings is 1. The number of hydrogen-bond acceptors (Lipinski definition) is 3. The van der Waals surface area contributed by atoms with Crippen molar-refractivity contribution < 1.29 is 9.53 Å². The minimum Gasteiger partial charge on any atom is -0.480 e. The Hall–Kier alpha value is -2.30. The summed E-state index contributed by atoms with van der Waals surface area (Å²) in [6.45, 7) is 4.90. The van der Waals surface area contributed by atoms with Gasteiger partial charge in [-0.05, 0) is 38.8 Å². The van der Waals surface area contributed by atoms with Gasteiger partial charge in [0.2, 0.25) is 0 Å². The molecule has 0 unspecified atom stereocenters. The van der Waals surface area contributed by atoms with Crippen LogP contribution >= 0.6 is 0 Å². The molecule has 25 heavy (non-hydrogen) atoms. The van der Waals surface area contributed by atoms with E-state index in [0.717, 1.165) is 35.4 Å². The average molecular weight is 339 g/mol. The van der Waals surface area contributed by atoms with Gasteiger partial charge in [0.05, 0.1) is 11.9 Å². The van der Waals surface area contributed by atoms with E-state index in [2.05, 4.69) is 11.9 Å². The molecule has 1 amide bonds. The fourth-order valence-electron chi connectivity index (χ4n) is 4.65. The van der Waals surface area contributed by atoms with Crippen molar-refractivity contribution in [1.82, 2.24) is 9.55 Å². The third kappa shape index (κ3) is 2.36. The van der Waals surface area contributed by atoms with Crippen LogP contribution in [0.1, 0.15) is 62.0 Å². The van der Waals surface area contributed by atoms with Crippen molar-refractivity contribution >= 4 is 5.91 Å². The summed E-state index contributed by atoms with van der Waals surface area (Å²) < 4.78 is 8.58. The van der Waals surface area contributed by atoms with Crippen LogP contribution in [-0.2, 0) is 12.1 Å². The van der Waals surface area contributed by atoms with E-state index >= 15 is 0 Å². The van der Waals surface area contributed by atoms with E-state index in [-0.39, 0.29) is 0 Å². The molecule has 2 aromatic heterocycles. The van der Waals surface area contributed by atoms with Crippen molar-refractivity contribution in [3.8, 4) is 17.0 Å². The molecule has 1 aliphatic carbocycles. The van der Waals surface area contributed by atoms with E-state index < -0.39 is 11.5 Å². The fourth-order valence-corrected chi connectivity index (χ4v) is 4.65.